The first-order chi connectivity index (χ1) is 8.89. The number of hydrogen-bond acceptors (Lipinski definition) is 2. The molecule has 0 bridgehead atoms. The van der Waals surface area contributed by atoms with Crippen molar-refractivity contribution in [1.29, 1.82) is 0 Å². The quantitative estimate of drug-likeness (QED) is 0.884. The number of rotatable bonds is 4. The summed E-state index contributed by atoms with van der Waals surface area (Å²) in [5.41, 5.74) is 0.384. The number of ether oxygens (including phenoxy) is 1. The van der Waals surface area contributed by atoms with Crippen molar-refractivity contribution < 1.29 is 15.2 Å². The van der Waals surface area contributed by atoms with Crippen LogP contribution < -0.4 is 5.32 Å². The van der Waals surface area contributed by atoms with Crippen LogP contribution in [-0.2, 0) is 11.3 Å². The lowest BCUT2D eigenvalue weighted by Crippen LogP contribution is -2.87. The van der Waals surface area contributed by atoms with E-state index in [9.17, 15) is 5.11 Å². The summed E-state index contributed by atoms with van der Waals surface area (Å²) in [6.45, 7) is 6.29. The number of aliphatic hydroxyl groups is 1. The number of halogens is 1. The SMILES string of the molecule is CC1(C)C[C@@](O)(C[NH2+]Cc2ccc(Cl)cc2)CCO1. The van der Waals surface area contributed by atoms with E-state index in [-0.39, 0.29) is 5.60 Å². The molecule has 0 amide bonds. The average Bonchev–Trinajstić information content (AvgIpc) is 2.30. The Morgan fingerprint density at radius 1 is 1.32 bits per heavy atom. The molecule has 4 heteroatoms. The van der Waals surface area contributed by atoms with E-state index < -0.39 is 5.60 Å². The van der Waals surface area contributed by atoms with Gasteiger partial charge in [-0.1, -0.05) is 23.7 Å². The minimum absolute atomic E-state index is 0.221. The summed E-state index contributed by atoms with van der Waals surface area (Å²) >= 11 is 5.86. The van der Waals surface area contributed by atoms with Crippen LogP contribution in [0.5, 0.6) is 0 Å². The Balaban J connectivity index is 1.83. The van der Waals surface area contributed by atoms with Crippen LogP contribution in [0.4, 0.5) is 0 Å². The minimum atomic E-state index is -0.617. The first kappa shape index (κ1) is 14.8. The summed E-state index contributed by atoms with van der Waals surface area (Å²) < 4.78 is 5.65. The van der Waals surface area contributed by atoms with Crippen molar-refractivity contribution in [3.63, 3.8) is 0 Å². The van der Waals surface area contributed by atoms with Crippen molar-refractivity contribution in [2.45, 2.75) is 44.4 Å². The number of quaternary nitrogens is 1. The molecular weight excluding hydrogens is 262 g/mol. The number of benzene rings is 1. The molecule has 3 N–H and O–H groups in total. The molecular formula is C15H23ClNO2+. The van der Waals surface area contributed by atoms with Gasteiger partial charge in [-0.25, -0.2) is 0 Å². The molecule has 0 aliphatic carbocycles. The largest absolute Gasteiger partial charge is 0.384 e. The van der Waals surface area contributed by atoms with Crippen LogP contribution in [0, 0.1) is 0 Å². The Hall–Kier alpha value is -0.610. The molecule has 1 aromatic rings. The summed E-state index contributed by atoms with van der Waals surface area (Å²) in [6.07, 6.45) is 1.41. The molecule has 19 heavy (non-hydrogen) atoms. The standard InChI is InChI=1S/C15H22ClNO2/c1-14(2)10-15(18,7-8-19-14)11-17-9-12-3-5-13(16)6-4-12/h3-6,17-18H,7-11H2,1-2H3/p+1/t15-/m1/s1. The van der Waals surface area contributed by atoms with Crippen LogP contribution in [0.3, 0.4) is 0 Å². The predicted molar refractivity (Wildman–Crippen MR) is 76.2 cm³/mol. The van der Waals surface area contributed by atoms with Gasteiger partial charge in [-0.2, -0.15) is 0 Å². The van der Waals surface area contributed by atoms with Crippen molar-refractivity contribution in [3.05, 3.63) is 34.9 Å². The van der Waals surface area contributed by atoms with Gasteiger partial charge in [0.1, 0.15) is 18.7 Å². The van der Waals surface area contributed by atoms with Crippen LogP contribution in [0.2, 0.25) is 5.02 Å². The van der Waals surface area contributed by atoms with Gasteiger partial charge in [0.2, 0.25) is 0 Å². The highest BCUT2D eigenvalue weighted by molar-refractivity contribution is 6.30. The molecule has 1 aliphatic heterocycles. The maximum atomic E-state index is 10.6. The third-order valence-corrected chi connectivity index (χ3v) is 3.88. The first-order valence-corrected chi connectivity index (χ1v) is 7.19. The second-order valence-corrected chi connectivity index (χ2v) is 6.52. The van der Waals surface area contributed by atoms with Crippen molar-refractivity contribution in [2.24, 2.45) is 0 Å². The van der Waals surface area contributed by atoms with Crippen molar-refractivity contribution >= 4 is 11.6 Å². The fourth-order valence-corrected chi connectivity index (χ4v) is 2.88. The van der Waals surface area contributed by atoms with Gasteiger partial charge < -0.3 is 15.2 Å². The Morgan fingerprint density at radius 2 is 2.00 bits per heavy atom. The van der Waals surface area contributed by atoms with E-state index in [4.69, 9.17) is 16.3 Å². The molecule has 1 heterocycles. The van der Waals surface area contributed by atoms with E-state index in [1.54, 1.807) is 0 Å². The summed E-state index contributed by atoms with van der Waals surface area (Å²) in [7, 11) is 0. The van der Waals surface area contributed by atoms with Crippen LogP contribution >= 0.6 is 11.6 Å². The van der Waals surface area contributed by atoms with E-state index in [2.05, 4.69) is 5.32 Å². The van der Waals surface area contributed by atoms with Gasteiger partial charge in [0.15, 0.2) is 0 Å². The monoisotopic (exact) mass is 284 g/mol. The highest BCUT2D eigenvalue weighted by Crippen LogP contribution is 2.30. The third kappa shape index (κ3) is 4.46. The Kier molecular flexibility index (Phi) is 4.51. The molecule has 0 aromatic heterocycles. The van der Waals surface area contributed by atoms with Gasteiger partial charge in [0, 0.05) is 23.4 Å². The molecule has 1 atom stereocenters. The van der Waals surface area contributed by atoms with Crippen molar-refractivity contribution in [3.8, 4) is 0 Å². The van der Waals surface area contributed by atoms with Crippen LogP contribution in [0.25, 0.3) is 0 Å². The first-order valence-electron chi connectivity index (χ1n) is 6.81. The molecule has 0 spiro atoms. The van der Waals surface area contributed by atoms with E-state index in [1.807, 2.05) is 38.1 Å². The van der Waals surface area contributed by atoms with E-state index >= 15 is 0 Å². The molecule has 0 unspecified atom stereocenters. The zero-order valence-electron chi connectivity index (χ0n) is 11.7. The van der Waals surface area contributed by atoms with Gasteiger partial charge in [0.25, 0.3) is 0 Å². The zero-order chi connectivity index (χ0) is 13.9. The van der Waals surface area contributed by atoms with Gasteiger partial charge in [0.05, 0.1) is 12.2 Å². The lowest BCUT2D eigenvalue weighted by atomic mass is 9.84. The normalized spacial score (nSPS) is 26.3. The third-order valence-electron chi connectivity index (χ3n) is 3.63. The summed E-state index contributed by atoms with van der Waals surface area (Å²) in [6, 6.07) is 7.85. The van der Waals surface area contributed by atoms with E-state index in [0.29, 0.717) is 26.0 Å². The van der Waals surface area contributed by atoms with Crippen molar-refractivity contribution in [2.75, 3.05) is 13.2 Å². The molecule has 1 aliphatic rings. The molecule has 3 nitrogen and oxygen atoms in total. The predicted octanol–water partition coefficient (Wildman–Crippen LogP) is 1.72. The number of nitrogens with two attached hydrogens (primary N) is 1. The van der Waals surface area contributed by atoms with E-state index in [1.165, 1.54) is 5.56 Å². The Morgan fingerprint density at radius 3 is 2.63 bits per heavy atom. The fraction of sp³-hybridized carbons (Fsp3) is 0.600. The molecule has 106 valence electrons. The molecule has 1 aromatic carbocycles. The zero-order valence-corrected chi connectivity index (χ0v) is 12.4. The van der Waals surface area contributed by atoms with Gasteiger partial charge >= 0.3 is 0 Å². The molecule has 0 saturated carbocycles. The smallest absolute Gasteiger partial charge is 0.118 e. The molecule has 1 saturated heterocycles. The van der Waals surface area contributed by atoms with E-state index in [0.717, 1.165) is 11.6 Å². The molecule has 2 rings (SSSR count). The van der Waals surface area contributed by atoms with Gasteiger partial charge in [-0.05, 0) is 26.0 Å². The van der Waals surface area contributed by atoms with Crippen LogP contribution in [-0.4, -0.2) is 29.5 Å². The Labute approximate surface area is 119 Å². The van der Waals surface area contributed by atoms with Crippen LogP contribution in [0.1, 0.15) is 32.3 Å². The molecule has 0 radical (unpaired) electrons. The fourth-order valence-electron chi connectivity index (χ4n) is 2.75. The lowest BCUT2D eigenvalue weighted by molar-refractivity contribution is -0.683. The maximum absolute atomic E-state index is 10.6. The summed E-state index contributed by atoms with van der Waals surface area (Å²) in [5.74, 6) is 0. The second-order valence-electron chi connectivity index (χ2n) is 6.08. The second kappa shape index (κ2) is 5.80. The summed E-state index contributed by atoms with van der Waals surface area (Å²) in [5, 5.41) is 13.5. The molecule has 1 fully saturated rings. The van der Waals surface area contributed by atoms with Gasteiger partial charge in [-0.3, -0.25) is 0 Å². The highest BCUT2D eigenvalue weighted by Gasteiger charge is 2.40. The maximum Gasteiger partial charge on any atom is 0.118 e. The Bertz CT molecular complexity index is 419. The van der Waals surface area contributed by atoms with Crippen molar-refractivity contribution in [1.82, 2.24) is 0 Å². The summed E-state index contributed by atoms with van der Waals surface area (Å²) in [4.78, 5) is 0. The topological polar surface area (TPSA) is 46.1 Å². The highest BCUT2D eigenvalue weighted by atomic mass is 35.5. The minimum Gasteiger partial charge on any atom is -0.384 e. The number of hydrogen-bond donors (Lipinski definition) is 2. The van der Waals surface area contributed by atoms with Gasteiger partial charge in [-0.15, -0.1) is 0 Å². The average molecular weight is 285 g/mol. The van der Waals surface area contributed by atoms with Crippen LogP contribution in [0.15, 0.2) is 24.3 Å². The lowest BCUT2D eigenvalue weighted by Gasteiger charge is -2.40.